The second-order valence-corrected chi connectivity index (χ2v) is 4.79. The van der Waals surface area contributed by atoms with Crippen molar-refractivity contribution >= 4 is 0 Å². The Kier molecular flexibility index (Phi) is 5.94. The van der Waals surface area contributed by atoms with Crippen molar-refractivity contribution in [2.75, 3.05) is 35.0 Å². The second-order valence-electron chi connectivity index (χ2n) is 4.79. The SMILES string of the molecule is COc1ccc(-c2cc(OC)c(OC)c(OC)c2)c(C#CCO)c1. The molecule has 126 valence electrons. The summed E-state index contributed by atoms with van der Waals surface area (Å²) in [6.07, 6.45) is 0. The van der Waals surface area contributed by atoms with Crippen LogP contribution < -0.4 is 18.9 Å². The molecule has 0 spiro atoms. The minimum Gasteiger partial charge on any atom is -0.497 e. The number of hydrogen-bond donors (Lipinski definition) is 1. The van der Waals surface area contributed by atoms with Gasteiger partial charge in [0.2, 0.25) is 5.75 Å². The minimum atomic E-state index is -0.216. The molecule has 2 rings (SSSR count). The summed E-state index contributed by atoms with van der Waals surface area (Å²) < 4.78 is 21.4. The highest BCUT2D eigenvalue weighted by atomic mass is 16.5. The van der Waals surface area contributed by atoms with Gasteiger partial charge in [-0.25, -0.2) is 0 Å². The van der Waals surface area contributed by atoms with Crippen molar-refractivity contribution in [2.24, 2.45) is 0 Å². The van der Waals surface area contributed by atoms with E-state index in [1.807, 2.05) is 30.3 Å². The number of aliphatic hydroxyl groups excluding tert-OH is 1. The van der Waals surface area contributed by atoms with Gasteiger partial charge in [0.15, 0.2) is 11.5 Å². The van der Waals surface area contributed by atoms with Gasteiger partial charge in [0.25, 0.3) is 0 Å². The molecule has 2 aromatic carbocycles. The molecule has 0 aromatic heterocycles. The Hall–Kier alpha value is -2.84. The molecule has 0 fully saturated rings. The van der Waals surface area contributed by atoms with Gasteiger partial charge < -0.3 is 24.1 Å². The molecule has 0 bridgehead atoms. The largest absolute Gasteiger partial charge is 0.497 e. The predicted molar refractivity (Wildman–Crippen MR) is 92.0 cm³/mol. The van der Waals surface area contributed by atoms with E-state index >= 15 is 0 Å². The standard InChI is InChI=1S/C19H20O5/c1-21-15-7-8-16(13(10-15)6-5-9-20)14-11-17(22-2)19(24-4)18(12-14)23-3/h7-8,10-12,20H,9H2,1-4H3. The number of hydrogen-bond acceptors (Lipinski definition) is 5. The first-order chi connectivity index (χ1) is 11.7. The number of aliphatic hydroxyl groups is 1. The number of ether oxygens (including phenoxy) is 4. The molecule has 0 unspecified atom stereocenters. The number of methoxy groups -OCH3 is 4. The van der Waals surface area contributed by atoms with Crippen molar-refractivity contribution < 1.29 is 24.1 Å². The molecule has 0 aliphatic carbocycles. The van der Waals surface area contributed by atoms with Gasteiger partial charge in [0.05, 0.1) is 28.4 Å². The summed E-state index contributed by atoms with van der Waals surface area (Å²) in [5.74, 6) is 7.95. The third kappa shape index (κ3) is 3.55. The molecule has 0 amide bonds. The lowest BCUT2D eigenvalue weighted by Gasteiger charge is -2.15. The van der Waals surface area contributed by atoms with E-state index < -0.39 is 0 Å². The highest BCUT2D eigenvalue weighted by molar-refractivity contribution is 5.76. The molecular weight excluding hydrogens is 308 g/mol. The normalized spacial score (nSPS) is 9.71. The van der Waals surface area contributed by atoms with Crippen LogP contribution in [0.25, 0.3) is 11.1 Å². The fourth-order valence-electron chi connectivity index (χ4n) is 2.38. The van der Waals surface area contributed by atoms with E-state index in [9.17, 15) is 0 Å². The highest BCUT2D eigenvalue weighted by Gasteiger charge is 2.15. The summed E-state index contributed by atoms with van der Waals surface area (Å²) in [5, 5.41) is 8.99. The fourth-order valence-corrected chi connectivity index (χ4v) is 2.38. The molecule has 5 heteroatoms. The Labute approximate surface area is 141 Å². The third-order valence-electron chi connectivity index (χ3n) is 3.50. The first-order valence-corrected chi connectivity index (χ1v) is 7.26. The van der Waals surface area contributed by atoms with E-state index in [4.69, 9.17) is 24.1 Å². The maximum absolute atomic E-state index is 8.99. The van der Waals surface area contributed by atoms with Crippen molar-refractivity contribution in [1.82, 2.24) is 0 Å². The summed E-state index contributed by atoms with van der Waals surface area (Å²) in [5.41, 5.74) is 2.46. The van der Waals surface area contributed by atoms with Crippen LogP contribution in [0.15, 0.2) is 30.3 Å². The van der Waals surface area contributed by atoms with E-state index in [0.29, 0.717) is 23.0 Å². The Morgan fingerprint density at radius 3 is 2.04 bits per heavy atom. The highest BCUT2D eigenvalue weighted by Crippen LogP contribution is 2.42. The van der Waals surface area contributed by atoms with Crippen LogP contribution in [0.1, 0.15) is 5.56 Å². The van der Waals surface area contributed by atoms with Crippen molar-refractivity contribution in [1.29, 1.82) is 0 Å². The topological polar surface area (TPSA) is 57.2 Å². The van der Waals surface area contributed by atoms with Gasteiger partial charge in [-0.05, 0) is 41.5 Å². The van der Waals surface area contributed by atoms with Crippen molar-refractivity contribution in [2.45, 2.75) is 0 Å². The van der Waals surface area contributed by atoms with E-state index in [-0.39, 0.29) is 6.61 Å². The zero-order valence-corrected chi connectivity index (χ0v) is 14.2. The summed E-state index contributed by atoms with van der Waals surface area (Å²) in [4.78, 5) is 0. The van der Waals surface area contributed by atoms with Crippen molar-refractivity contribution in [3.63, 3.8) is 0 Å². The lowest BCUT2D eigenvalue weighted by Crippen LogP contribution is -1.96. The zero-order valence-electron chi connectivity index (χ0n) is 14.2. The van der Waals surface area contributed by atoms with Gasteiger partial charge >= 0.3 is 0 Å². The second kappa shape index (κ2) is 8.14. The average Bonchev–Trinajstić information content (AvgIpc) is 2.64. The van der Waals surface area contributed by atoms with Gasteiger partial charge in [-0.1, -0.05) is 11.8 Å². The van der Waals surface area contributed by atoms with Crippen LogP contribution in [0.3, 0.4) is 0 Å². The first kappa shape index (κ1) is 17.5. The first-order valence-electron chi connectivity index (χ1n) is 7.26. The molecule has 24 heavy (non-hydrogen) atoms. The number of rotatable bonds is 5. The monoisotopic (exact) mass is 328 g/mol. The molecule has 0 aliphatic heterocycles. The zero-order chi connectivity index (χ0) is 17.5. The molecule has 2 aromatic rings. The summed E-state index contributed by atoms with van der Waals surface area (Å²) in [6.45, 7) is -0.216. The van der Waals surface area contributed by atoms with Gasteiger partial charge in [0.1, 0.15) is 12.4 Å². The third-order valence-corrected chi connectivity index (χ3v) is 3.50. The Morgan fingerprint density at radius 1 is 0.875 bits per heavy atom. The van der Waals surface area contributed by atoms with Crippen LogP contribution in [-0.4, -0.2) is 40.2 Å². The van der Waals surface area contributed by atoms with E-state index in [0.717, 1.165) is 16.7 Å². The fraction of sp³-hybridized carbons (Fsp3) is 0.263. The molecule has 5 nitrogen and oxygen atoms in total. The quantitative estimate of drug-likeness (QED) is 0.855. The van der Waals surface area contributed by atoms with Crippen molar-refractivity contribution in [3.05, 3.63) is 35.9 Å². The lowest BCUT2D eigenvalue weighted by molar-refractivity contribution is 0.324. The van der Waals surface area contributed by atoms with Crippen LogP contribution in [0, 0.1) is 11.8 Å². The van der Waals surface area contributed by atoms with Crippen LogP contribution >= 0.6 is 0 Å². The molecular formula is C19H20O5. The van der Waals surface area contributed by atoms with Crippen LogP contribution in [0.2, 0.25) is 0 Å². The molecule has 0 radical (unpaired) electrons. The smallest absolute Gasteiger partial charge is 0.203 e. The molecule has 1 N–H and O–H groups in total. The van der Waals surface area contributed by atoms with Gasteiger partial charge in [-0.2, -0.15) is 0 Å². The maximum atomic E-state index is 8.99. The maximum Gasteiger partial charge on any atom is 0.203 e. The van der Waals surface area contributed by atoms with E-state index in [1.165, 1.54) is 0 Å². The van der Waals surface area contributed by atoms with Gasteiger partial charge in [-0.3, -0.25) is 0 Å². The Balaban J connectivity index is 2.67. The Morgan fingerprint density at radius 2 is 1.54 bits per heavy atom. The molecule has 0 heterocycles. The summed E-state index contributed by atoms with van der Waals surface area (Å²) in [6, 6.07) is 9.28. The Bertz CT molecular complexity index is 746. The van der Waals surface area contributed by atoms with Gasteiger partial charge in [-0.15, -0.1) is 0 Å². The molecule has 0 atom stereocenters. The van der Waals surface area contributed by atoms with Crippen LogP contribution in [-0.2, 0) is 0 Å². The lowest BCUT2D eigenvalue weighted by atomic mass is 9.98. The van der Waals surface area contributed by atoms with E-state index in [2.05, 4.69) is 11.8 Å². The minimum absolute atomic E-state index is 0.216. The van der Waals surface area contributed by atoms with Crippen LogP contribution in [0.4, 0.5) is 0 Å². The summed E-state index contributed by atoms with van der Waals surface area (Å²) in [7, 11) is 6.30. The summed E-state index contributed by atoms with van der Waals surface area (Å²) >= 11 is 0. The predicted octanol–water partition coefficient (Wildman–Crippen LogP) is 2.73. The molecule has 0 aliphatic rings. The molecule has 0 saturated carbocycles. The number of benzene rings is 2. The van der Waals surface area contributed by atoms with Gasteiger partial charge in [0, 0.05) is 5.56 Å². The average molecular weight is 328 g/mol. The van der Waals surface area contributed by atoms with Crippen LogP contribution in [0.5, 0.6) is 23.0 Å². The van der Waals surface area contributed by atoms with Crippen molar-refractivity contribution in [3.8, 4) is 46.0 Å². The van der Waals surface area contributed by atoms with E-state index in [1.54, 1.807) is 28.4 Å². The molecule has 0 saturated heterocycles.